The normalized spacial score (nSPS) is 12.8. The van der Waals surface area contributed by atoms with Gasteiger partial charge in [-0.1, -0.05) is 31.9 Å². The van der Waals surface area contributed by atoms with Crippen LogP contribution in [0.25, 0.3) is 0 Å². The van der Waals surface area contributed by atoms with Crippen LogP contribution >= 0.6 is 0 Å². The van der Waals surface area contributed by atoms with E-state index in [1.807, 2.05) is 11.6 Å². The van der Waals surface area contributed by atoms with Gasteiger partial charge in [0.05, 0.1) is 4.92 Å². The van der Waals surface area contributed by atoms with E-state index < -0.39 is 37.5 Å². The van der Waals surface area contributed by atoms with Gasteiger partial charge in [-0.3, -0.25) is 14.9 Å². The molecule has 122 valence electrons. The molecule has 0 aliphatic carbocycles. The van der Waals surface area contributed by atoms with Crippen molar-refractivity contribution in [3.63, 3.8) is 0 Å². The van der Waals surface area contributed by atoms with Gasteiger partial charge in [-0.15, -0.1) is 0 Å². The van der Waals surface area contributed by atoms with Crippen LogP contribution in [0.3, 0.4) is 0 Å². The summed E-state index contributed by atoms with van der Waals surface area (Å²) in [4.78, 5) is 20.9. The Hall–Kier alpha value is -2.00. The third kappa shape index (κ3) is 4.25. The Balaban J connectivity index is 3.24. The van der Waals surface area contributed by atoms with E-state index in [0.29, 0.717) is 12.8 Å². The minimum atomic E-state index is -4.31. The quantitative estimate of drug-likeness (QED) is 0.553. The molecular weight excluding hydrogens is 312 g/mol. The lowest BCUT2D eigenvalue weighted by molar-refractivity contribution is -0.387. The standard InChI is InChI=1S/C13H18N2O6S/c1-3-4-7-10(13(16)17)14-22(20,21)12-9(2)6-5-8-11(12)15(18)19/h5-6,8,10,14H,3-4,7H2,1-2H3,(H,16,17)/t10-/m0/s1. The second-order valence-corrected chi connectivity index (χ2v) is 6.49. The van der Waals surface area contributed by atoms with Gasteiger partial charge in [-0.25, -0.2) is 8.42 Å². The van der Waals surface area contributed by atoms with Gasteiger partial charge in [0.1, 0.15) is 6.04 Å². The number of hydrogen-bond donors (Lipinski definition) is 2. The molecule has 0 radical (unpaired) electrons. The summed E-state index contributed by atoms with van der Waals surface area (Å²) in [7, 11) is -4.31. The largest absolute Gasteiger partial charge is 0.480 e. The van der Waals surface area contributed by atoms with E-state index in [1.165, 1.54) is 19.1 Å². The number of aliphatic carboxylic acids is 1. The van der Waals surface area contributed by atoms with Crippen LogP contribution in [0.15, 0.2) is 23.1 Å². The van der Waals surface area contributed by atoms with Gasteiger partial charge in [-0.05, 0) is 18.9 Å². The van der Waals surface area contributed by atoms with Gasteiger partial charge in [0.15, 0.2) is 4.90 Å². The molecule has 0 saturated heterocycles. The first-order valence-electron chi connectivity index (χ1n) is 6.69. The molecule has 1 aromatic rings. The second-order valence-electron chi connectivity index (χ2n) is 4.83. The minimum absolute atomic E-state index is 0.116. The summed E-state index contributed by atoms with van der Waals surface area (Å²) in [6.45, 7) is 3.27. The Morgan fingerprint density at radius 1 is 1.45 bits per heavy atom. The summed E-state index contributed by atoms with van der Waals surface area (Å²) >= 11 is 0. The van der Waals surface area contributed by atoms with Crippen LogP contribution in [0, 0.1) is 17.0 Å². The van der Waals surface area contributed by atoms with Crippen LogP contribution in [-0.4, -0.2) is 30.5 Å². The van der Waals surface area contributed by atoms with Gasteiger partial charge < -0.3 is 5.11 Å². The third-order valence-electron chi connectivity index (χ3n) is 3.10. The van der Waals surface area contributed by atoms with E-state index in [9.17, 15) is 23.3 Å². The molecule has 0 saturated carbocycles. The monoisotopic (exact) mass is 330 g/mol. The van der Waals surface area contributed by atoms with Crippen molar-refractivity contribution in [1.82, 2.24) is 4.72 Å². The number of nitro benzene ring substituents is 1. The number of carboxylic acid groups (broad SMARTS) is 1. The van der Waals surface area contributed by atoms with E-state index in [1.54, 1.807) is 0 Å². The number of hydrogen-bond acceptors (Lipinski definition) is 5. The highest BCUT2D eigenvalue weighted by molar-refractivity contribution is 7.89. The van der Waals surface area contributed by atoms with Crippen molar-refractivity contribution in [1.29, 1.82) is 0 Å². The molecule has 8 nitrogen and oxygen atoms in total. The Labute approximate surface area is 128 Å². The van der Waals surface area contributed by atoms with Crippen LogP contribution in [0.2, 0.25) is 0 Å². The molecule has 0 aliphatic heterocycles. The second kappa shape index (κ2) is 7.32. The maximum Gasteiger partial charge on any atom is 0.321 e. The van der Waals surface area contributed by atoms with Gasteiger partial charge in [0.25, 0.3) is 5.69 Å². The molecule has 0 unspecified atom stereocenters. The zero-order valence-corrected chi connectivity index (χ0v) is 13.1. The first-order valence-corrected chi connectivity index (χ1v) is 8.18. The van der Waals surface area contributed by atoms with Crippen LogP contribution in [0.4, 0.5) is 5.69 Å². The Kier molecular flexibility index (Phi) is 6.01. The fourth-order valence-corrected chi connectivity index (χ4v) is 3.64. The van der Waals surface area contributed by atoms with Crippen LogP contribution in [-0.2, 0) is 14.8 Å². The number of nitrogens with zero attached hydrogens (tertiary/aromatic N) is 1. The lowest BCUT2D eigenvalue weighted by Crippen LogP contribution is -2.41. The van der Waals surface area contributed by atoms with E-state index in [2.05, 4.69) is 0 Å². The lowest BCUT2D eigenvalue weighted by Gasteiger charge is -2.15. The van der Waals surface area contributed by atoms with E-state index in [4.69, 9.17) is 5.11 Å². The molecule has 1 aromatic carbocycles. The molecule has 9 heteroatoms. The molecule has 1 rings (SSSR count). The molecular formula is C13H18N2O6S. The van der Waals surface area contributed by atoms with Crippen molar-refractivity contribution in [3.05, 3.63) is 33.9 Å². The number of benzene rings is 1. The number of sulfonamides is 1. The summed E-state index contributed by atoms with van der Waals surface area (Å²) in [5, 5.41) is 20.1. The lowest BCUT2D eigenvalue weighted by atomic mass is 10.1. The maximum absolute atomic E-state index is 12.4. The fraction of sp³-hybridized carbons (Fsp3) is 0.462. The van der Waals surface area contributed by atoms with Crippen LogP contribution in [0.1, 0.15) is 31.7 Å². The number of nitro groups is 1. The predicted octanol–water partition coefficient (Wildman–Crippen LogP) is 1.82. The van der Waals surface area contributed by atoms with E-state index in [-0.39, 0.29) is 12.0 Å². The van der Waals surface area contributed by atoms with Crippen molar-refractivity contribution < 1.29 is 23.2 Å². The van der Waals surface area contributed by atoms with Gasteiger partial charge in [0.2, 0.25) is 10.0 Å². The number of carbonyl (C=O) groups is 1. The average Bonchev–Trinajstić information content (AvgIpc) is 2.42. The topological polar surface area (TPSA) is 127 Å². The first-order chi connectivity index (χ1) is 10.2. The molecule has 0 aromatic heterocycles. The Bertz CT molecular complexity index is 671. The molecule has 0 heterocycles. The predicted molar refractivity (Wildman–Crippen MR) is 79.1 cm³/mol. The Morgan fingerprint density at radius 2 is 2.09 bits per heavy atom. The Morgan fingerprint density at radius 3 is 2.59 bits per heavy atom. The van der Waals surface area contributed by atoms with Crippen molar-refractivity contribution in [2.45, 2.75) is 44.0 Å². The van der Waals surface area contributed by atoms with E-state index in [0.717, 1.165) is 6.07 Å². The number of rotatable bonds is 8. The molecule has 0 bridgehead atoms. The molecule has 1 atom stereocenters. The van der Waals surface area contributed by atoms with Crippen molar-refractivity contribution in [3.8, 4) is 0 Å². The molecule has 22 heavy (non-hydrogen) atoms. The summed E-state index contributed by atoms with van der Waals surface area (Å²) in [5.41, 5.74) is -0.395. The zero-order chi connectivity index (χ0) is 16.9. The molecule has 0 aliphatic rings. The highest BCUT2D eigenvalue weighted by Crippen LogP contribution is 2.27. The van der Waals surface area contributed by atoms with Gasteiger partial charge >= 0.3 is 5.97 Å². The molecule has 0 fully saturated rings. The zero-order valence-electron chi connectivity index (χ0n) is 12.3. The van der Waals surface area contributed by atoms with Crippen molar-refractivity contribution >= 4 is 21.7 Å². The molecule has 2 N–H and O–H groups in total. The number of aryl methyl sites for hydroxylation is 1. The average molecular weight is 330 g/mol. The summed E-state index contributed by atoms with van der Waals surface area (Å²) in [6.07, 6.45) is 1.34. The summed E-state index contributed by atoms with van der Waals surface area (Å²) in [6, 6.07) is 2.55. The first kappa shape index (κ1) is 18.1. The fourth-order valence-electron chi connectivity index (χ4n) is 2.02. The van der Waals surface area contributed by atoms with Crippen LogP contribution in [0.5, 0.6) is 0 Å². The number of carboxylic acids is 1. The van der Waals surface area contributed by atoms with Crippen LogP contribution < -0.4 is 4.72 Å². The van der Waals surface area contributed by atoms with Gasteiger partial charge in [-0.2, -0.15) is 4.72 Å². The summed E-state index contributed by atoms with van der Waals surface area (Å²) in [5.74, 6) is -1.31. The third-order valence-corrected chi connectivity index (χ3v) is 4.76. The van der Waals surface area contributed by atoms with E-state index >= 15 is 0 Å². The molecule has 0 amide bonds. The SMILES string of the molecule is CCCC[C@H](NS(=O)(=O)c1c(C)cccc1[N+](=O)[O-])C(=O)O. The highest BCUT2D eigenvalue weighted by Gasteiger charge is 2.31. The summed E-state index contributed by atoms with van der Waals surface area (Å²) < 4.78 is 26.8. The molecule has 0 spiro atoms. The van der Waals surface area contributed by atoms with Crippen molar-refractivity contribution in [2.24, 2.45) is 0 Å². The maximum atomic E-state index is 12.4. The van der Waals surface area contributed by atoms with Crippen molar-refractivity contribution in [2.75, 3.05) is 0 Å². The smallest absolute Gasteiger partial charge is 0.321 e. The number of unbranched alkanes of at least 4 members (excludes halogenated alkanes) is 1. The highest BCUT2D eigenvalue weighted by atomic mass is 32.2. The number of nitrogens with one attached hydrogen (secondary N) is 1. The van der Waals surface area contributed by atoms with Gasteiger partial charge in [0, 0.05) is 6.07 Å². The minimum Gasteiger partial charge on any atom is -0.480 e.